The van der Waals surface area contributed by atoms with Gasteiger partial charge in [-0.1, -0.05) is 24.3 Å². The van der Waals surface area contributed by atoms with E-state index in [0.29, 0.717) is 0 Å². The predicted octanol–water partition coefficient (Wildman–Crippen LogP) is 8.61. The van der Waals surface area contributed by atoms with Gasteiger partial charge < -0.3 is 0 Å². The van der Waals surface area contributed by atoms with Gasteiger partial charge in [-0.05, 0) is 148 Å². The predicted molar refractivity (Wildman–Crippen MR) is 173 cm³/mol. The van der Waals surface area contributed by atoms with Crippen molar-refractivity contribution >= 4 is 143 Å². The highest BCUT2D eigenvalue weighted by molar-refractivity contribution is 14.1. The van der Waals surface area contributed by atoms with Crippen LogP contribution in [0.1, 0.15) is 0 Å². The first-order valence-electron chi connectivity index (χ1n) is 11.1. The van der Waals surface area contributed by atoms with E-state index in [1.165, 1.54) is 0 Å². The van der Waals surface area contributed by atoms with Crippen molar-refractivity contribution in [2.75, 3.05) is 0 Å². The van der Waals surface area contributed by atoms with Crippen LogP contribution >= 0.6 is 67.8 Å². The van der Waals surface area contributed by atoms with Gasteiger partial charge in [0, 0.05) is 48.4 Å². The van der Waals surface area contributed by atoms with Crippen LogP contribution in [-0.2, 0) is 0 Å². The molecule has 0 atom stereocenters. The molecule has 0 aliphatic carbocycles. The van der Waals surface area contributed by atoms with Gasteiger partial charge in [0.1, 0.15) is 0 Å². The minimum atomic E-state index is 0.0773. The van der Waals surface area contributed by atoms with Gasteiger partial charge in [0.05, 0.1) is 0 Å². The Morgan fingerprint density at radius 1 is 0.400 bits per heavy atom. The molecule has 164 valence electrons. The molecule has 0 radical (unpaired) electrons. The molecule has 0 spiro atoms. The lowest BCUT2D eigenvalue weighted by Crippen LogP contribution is -2.08. The molecule has 0 heterocycles. The van der Waals surface area contributed by atoms with Crippen LogP contribution in [0.5, 0.6) is 0 Å². The molecule has 0 N–H and O–H groups in total. The maximum atomic E-state index is 13.8. The third-order valence-corrected chi connectivity index (χ3v) is 10.2. The molecule has 35 heavy (non-hydrogen) atoms. The number of fused-ring (bicyclic) bond motifs is 4. The molecule has 0 saturated carbocycles. The highest BCUT2D eigenvalue weighted by Gasteiger charge is 2.23. The number of halogens is 3. The van der Waals surface area contributed by atoms with Gasteiger partial charge in [0.15, 0.2) is 10.9 Å². The topological polar surface area (TPSA) is 34.1 Å². The third-order valence-electron chi connectivity index (χ3n) is 7.48. The van der Waals surface area contributed by atoms with Gasteiger partial charge in [-0.2, -0.15) is 0 Å². The first-order chi connectivity index (χ1) is 17.0. The van der Waals surface area contributed by atoms with Crippen molar-refractivity contribution in [2.24, 2.45) is 0 Å². The lowest BCUT2D eigenvalue weighted by molar-refractivity contribution is 1.66. The molecule has 0 aromatic heterocycles. The Labute approximate surface area is 238 Å². The number of benzene rings is 8. The molecule has 0 unspecified atom stereocenters. The Morgan fingerprint density at radius 2 is 0.943 bits per heavy atom. The minimum absolute atomic E-state index is 0.0773. The summed E-state index contributed by atoms with van der Waals surface area (Å²) in [4.78, 5) is 27.5. The maximum absolute atomic E-state index is 13.8. The van der Waals surface area contributed by atoms with Gasteiger partial charge in [-0.15, -0.1) is 0 Å². The van der Waals surface area contributed by atoms with E-state index in [-0.39, 0.29) is 10.9 Å². The molecular weight excluding hydrogens is 773 g/mol. The smallest absolute Gasteiger partial charge is 0.195 e. The van der Waals surface area contributed by atoms with Gasteiger partial charge >= 0.3 is 0 Å². The van der Waals surface area contributed by atoms with Gasteiger partial charge in [0.25, 0.3) is 0 Å². The maximum Gasteiger partial charge on any atom is 0.195 e. The van der Waals surface area contributed by atoms with Crippen LogP contribution in [0.25, 0.3) is 75.4 Å². The summed E-state index contributed by atoms with van der Waals surface area (Å²) in [6.07, 6.45) is 0. The summed E-state index contributed by atoms with van der Waals surface area (Å²) < 4.78 is 3.02. The van der Waals surface area contributed by atoms with Crippen molar-refractivity contribution in [3.05, 3.63) is 97.9 Å². The lowest BCUT2D eigenvalue weighted by atomic mass is 9.84. The third kappa shape index (κ3) is 2.49. The molecule has 0 aliphatic rings. The van der Waals surface area contributed by atoms with Crippen LogP contribution in [-0.4, -0.2) is 0 Å². The van der Waals surface area contributed by atoms with Crippen molar-refractivity contribution < 1.29 is 0 Å². The molecule has 0 fully saturated rings. The molecule has 2 nitrogen and oxygen atoms in total. The van der Waals surface area contributed by atoms with Crippen LogP contribution in [0.2, 0.25) is 0 Å². The molecule has 0 bridgehead atoms. The normalized spacial score (nSPS) is 12.7. The number of hydrogen-bond acceptors (Lipinski definition) is 2. The SMILES string of the molecule is O=c1c2ccc3cc4c5c(I)ccc(I)c5c(=O)c5ccc6cc(c7cccc(I)c17)c2c3c6c54. The van der Waals surface area contributed by atoms with E-state index >= 15 is 0 Å². The zero-order valence-electron chi connectivity index (χ0n) is 17.8. The van der Waals surface area contributed by atoms with E-state index in [4.69, 9.17) is 0 Å². The van der Waals surface area contributed by atoms with Crippen LogP contribution in [0.15, 0.2) is 76.3 Å². The molecule has 8 aromatic rings. The van der Waals surface area contributed by atoms with Gasteiger partial charge in [-0.25, -0.2) is 0 Å². The Bertz CT molecular complexity index is 2340. The van der Waals surface area contributed by atoms with E-state index < -0.39 is 0 Å². The Morgan fingerprint density at radius 3 is 1.63 bits per heavy atom. The summed E-state index contributed by atoms with van der Waals surface area (Å²) in [6, 6.07) is 22.8. The Balaban J connectivity index is 1.79. The largest absolute Gasteiger partial charge is 0.289 e. The fourth-order valence-corrected chi connectivity index (χ4v) is 8.28. The Hall–Kier alpha value is -2.11. The number of hydrogen-bond donors (Lipinski definition) is 0. The molecule has 8 rings (SSSR count). The second-order valence-corrected chi connectivity index (χ2v) is 12.6. The molecule has 0 amide bonds. The molecular formula is C30H11I3O2. The fourth-order valence-electron chi connectivity index (χ4n) is 6.11. The fraction of sp³-hybridized carbons (Fsp3) is 0. The minimum Gasteiger partial charge on any atom is -0.289 e. The summed E-state index contributed by atoms with van der Waals surface area (Å²) >= 11 is 6.89. The number of rotatable bonds is 0. The highest BCUT2D eigenvalue weighted by Crippen LogP contribution is 2.46. The summed E-state index contributed by atoms with van der Waals surface area (Å²) in [5.41, 5.74) is 0.158. The standard InChI is InChI=1S/C30H11I3O2/c31-19-3-1-2-14-17-10-12-4-7-16-25-18(26-20(32)8-9-21(33)28(26)30(16)35)11-13-5-6-15(29(34)27(14)19)24(17)22(13)23(12)25/h1-11H. The Kier molecular flexibility index (Phi) is 4.21. The van der Waals surface area contributed by atoms with Crippen molar-refractivity contribution in [2.45, 2.75) is 0 Å². The zero-order valence-corrected chi connectivity index (χ0v) is 24.3. The lowest BCUT2D eigenvalue weighted by Gasteiger charge is -2.19. The van der Waals surface area contributed by atoms with Crippen molar-refractivity contribution in [1.29, 1.82) is 0 Å². The molecule has 8 aromatic carbocycles. The summed E-state index contributed by atoms with van der Waals surface area (Å²) in [6.45, 7) is 0. The van der Waals surface area contributed by atoms with Gasteiger partial charge in [0.2, 0.25) is 0 Å². The molecule has 0 aliphatic heterocycles. The van der Waals surface area contributed by atoms with Gasteiger partial charge in [-0.3, -0.25) is 9.59 Å². The molecule has 5 heteroatoms. The van der Waals surface area contributed by atoms with E-state index in [9.17, 15) is 9.59 Å². The first-order valence-corrected chi connectivity index (χ1v) is 14.3. The zero-order chi connectivity index (χ0) is 23.7. The van der Waals surface area contributed by atoms with E-state index in [2.05, 4.69) is 104 Å². The average molecular weight is 784 g/mol. The average Bonchev–Trinajstić information content (AvgIpc) is 2.86. The summed E-state index contributed by atoms with van der Waals surface area (Å²) in [5.74, 6) is 0. The quantitative estimate of drug-likeness (QED) is 0.0878. The van der Waals surface area contributed by atoms with E-state index in [1.807, 2.05) is 30.3 Å². The van der Waals surface area contributed by atoms with Crippen LogP contribution in [0.3, 0.4) is 0 Å². The van der Waals surface area contributed by atoms with E-state index in [0.717, 1.165) is 86.1 Å². The molecule has 0 saturated heterocycles. The van der Waals surface area contributed by atoms with Crippen LogP contribution in [0.4, 0.5) is 0 Å². The summed E-state index contributed by atoms with van der Waals surface area (Å²) in [5, 5.41) is 13.7. The second-order valence-electron chi connectivity index (χ2n) is 9.12. The monoisotopic (exact) mass is 784 g/mol. The van der Waals surface area contributed by atoms with E-state index in [1.54, 1.807) is 0 Å². The van der Waals surface area contributed by atoms with Crippen LogP contribution in [0, 0.1) is 10.7 Å². The van der Waals surface area contributed by atoms with Crippen molar-refractivity contribution in [3.8, 4) is 0 Å². The second kappa shape index (κ2) is 7.01. The van der Waals surface area contributed by atoms with Crippen LogP contribution < -0.4 is 10.9 Å². The first kappa shape index (κ1) is 21.0. The summed E-state index contributed by atoms with van der Waals surface area (Å²) in [7, 11) is 0. The van der Waals surface area contributed by atoms with Crippen molar-refractivity contribution in [1.82, 2.24) is 0 Å². The highest BCUT2D eigenvalue weighted by atomic mass is 127. The van der Waals surface area contributed by atoms with Crippen molar-refractivity contribution in [3.63, 3.8) is 0 Å².